The highest BCUT2D eigenvalue weighted by molar-refractivity contribution is 5.36. The summed E-state index contributed by atoms with van der Waals surface area (Å²) < 4.78 is 5.42. The Labute approximate surface area is 122 Å². The number of benzene rings is 1. The maximum absolute atomic E-state index is 6.29. The number of methoxy groups -OCH3 is 1. The van der Waals surface area contributed by atoms with E-state index in [9.17, 15) is 0 Å². The molecule has 0 aromatic heterocycles. The predicted molar refractivity (Wildman–Crippen MR) is 81.8 cm³/mol. The minimum atomic E-state index is 0.423. The van der Waals surface area contributed by atoms with Crippen molar-refractivity contribution in [3.63, 3.8) is 0 Å². The first-order valence-corrected chi connectivity index (χ1v) is 7.79. The first kappa shape index (κ1) is 13.9. The van der Waals surface area contributed by atoms with Crippen LogP contribution in [0.1, 0.15) is 30.4 Å². The second kappa shape index (κ2) is 5.74. The topological polar surface area (TPSA) is 38.5 Å². The Kier molecular flexibility index (Phi) is 3.99. The van der Waals surface area contributed by atoms with Crippen molar-refractivity contribution < 1.29 is 4.74 Å². The van der Waals surface area contributed by atoms with Crippen molar-refractivity contribution in [3.8, 4) is 5.75 Å². The van der Waals surface area contributed by atoms with Gasteiger partial charge in [0, 0.05) is 25.7 Å². The number of nitrogens with two attached hydrogens (primary N) is 1. The lowest BCUT2D eigenvalue weighted by molar-refractivity contribution is 0.259. The van der Waals surface area contributed by atoms with Crippen molar-refractivity contribution in [2.24, 2.45) is 17.6 Å². The van der Waals surface area contributed by atoms with Crippen LogP contribution in [0.3, 0.4) is 0 Å². The molecule has 1 saturated carbocycles. The van der Waals surface area contributed by atoms with E-state index >= 15 is 0 Å². The molecule has 3 rings (SSSR count). The van der Waals surface area contributed by atoms with Crippen LogP contribution in [0.5, 0.6) is 5.75 Å². The molecular formula is C17H26N2O. The SMILES string of the molecule is COc1cc(CN2CC3CCCC(N)C3C2)ccc1C. The molecule has 0 amide bonds. The molecule has 110 valence electrons. The van der Waals surface area contributed by atoms with Gasteiger partial charge >= 0.3 is 0 Å². The molecule has 0 bridgehead atoms. The summed E-state index contributed by atoms with van der Waals surface area (Å²) in [5.74, 6) is 2.54. The fourth-order valence-corrected chi connectivity index (χ4v) is 3.96. The molecule has 0 spiro atoms. The van der Waals surface area contributed by atoms with Gasteiger partial charge < -0.3 is 10.5 Å². The molecule has 1 saturated heterocycles. The zero-order valence-electron chi connectivity index (χ0n) is 12.6. The van der Waals surface area contributed by atoms with Crippen LogP contribution in [-0.2, 0) is 6.54 Å². The van der Waals surface area contributed by atoms with Crippen LogP contribution < -0.4 is 10.5 Å². The molecule has 1 aliphatic carbocycles. The smallest absolute Gasteiger partial charge is 0.122 e. The first-order chi connectivity index (χ1) is 9.67. The molecule has 2 fully saturated rings. The van der Waals surface area contributed by atoms with Crippen molar-refractivity contribution in [1.82, 2.24) is 4.90 Å². The van der Waals surface area contributed by atoms with Crippen molar-refractivity contribution in [1.29, 1.82) is 0 Å². The number of nitrogens with zero attached hydrogens (tertiary/aromatic N) is 1. The predicted octanol–water partition coefficient (Wildman–Crippen LogP) is 2.56. The number of hydrogen-bond donors (Lipinski definition) is 1. The van der Waals surface area contributed by atoms with Gasteiger partial charge in [-0.1, -0.05) is 18.6 Å². The van der Waals surface area contributed by atoms with Gasteiger partial charge in [0.05, 0.1) is 7.11 Å². The monoisotopic (exact) mass is 274 g/mol. The molecule has 1 aromatic rings. The minimum Gasteiger partial charge on any atom is -0.496 e. The molecule has 2 aliphatic rings. The molecule has 2 N–H and O–H groups in total. The third-order valence-corrected chi connectivity index (χ3v) is 5.11. The fraction of sp³-hybridized carbons (Fsp3) is 0.647. The number of rotatable bonds is 3. The summed E-state index contributed by atoms with van der Waals surface area (Å²) >= 11 is 0. The van der Waals surface area contributed by atoms with Crippen molar-refractivity contribution in [3.05, 3.63) is 29.3 Å². The van der Waals surface area contributed by atoms with E-state index in [0.717, 1.165) is 24.1 Å². The zero-order chi connectivity index (χ0) is 14.1. The molecule has 3 heteroatoms. The lowest BCUT2D eigenvalue weighted by atomic mass is 9.78. The highest BCUT2D eigenvalue weighted by atomic mass is 16.5. The first-order valence-electron chi connectivity index (χ1n) is 7.79. The Balaban J connectivity index is 1.67. The molecule has 1 aliphatic heterocycles. The molecule has 3 unspecified atom stereocenters. The van der Waals surface area contributed by atoms with E-state index in [1.165, 1.54) is 43.5 Å². The second-order valence-electron chi connectivity index (χ2n) is 6.52. The van der Waals surface area contributed by atoms with Crippen LogP contribution in [0.25, 0.3) is 0 Å². The second-order valence-corrected chi connectivity index (χ2v) is 6.52. The highest BCUT2D eigenvalue weighted by Gasteiger charge is 2.38. The van der Waals surface area contributed by atoms with Crippen LogP contribution in [-0.4, -0.2) is 31.1 Å². The summed E-state index contributed by atoms with van der Waals surface area (Å²) in [4.78, 5) is 2.57. The maximum Gasteiger partial charge on any atom is 0.122 e. The Morgan fingerprint density at radius 1 is 1.30 bits per heavy atom. The molecular weight excluding hydrogens is 248 g/mol. The summed E-state index contributed by atoms with van der Waals surface area (Å²) in [7, 11) is 1.75. The van der Waals surface area contributed by atoms with E-state index in [-0.39, 0.29) is 0 Å². The number of hydrogen-bond acceptors (Lipinski definition) is 3. The quantitative estimate of drug-likeness (QED) is 0.920. The van der Waals surface area contributed by atoms with E-state index < -0.39 is 0 Å². The van der Waals surface area contributed by atoms with Crippen LogP contribution in [0.4, 0.5) is 0 Å². The van der Waals surface area contributed by atoms with E-state index in [1.807, 2.05) is 0 Å². The average molecular weight is 274 g/mol. The summed E-state index contributed by atoms with van der Waals surface area (Å²) in [6, 6.07) is 6.98. The summed E-state index contributed by atoms with van der Waals surface area (Å²) in [5.41, 5.74) is 8.84. The van der Waals surface area contributed by atoms with Crippen molar-refractivity contribution >= 4 is 0 Å². The van der Waals surface area contributed by atoms with E-state index in [1.54, 1.807) is 7.11 Å². The number of likely N-dealkylation sites (tertiary alicyclic amines) is 1. The fourth-order valence-electron chi connectivity index (χ4n) is 3.96. The van der Waals surface area contributed by atoms with Gasteiger partial charge in [-0.3, -0.25) is 4.90 Å². The van der Waals surface area contributed by atoms with E-state index in [0.29, 0.717) is 6.04 Å². The molecule has 20 heavy (non-hydrogen) atoms. The van der Waals surface area contributed by atoms with Crippen LogP contribution in [0.2, 0.25) is 0 Å². The van der Waals surface area contributed by atoms with Gasteiger partial charge in [-0.15, -0.1) is 0 Å². The van der Waals surface area contributed by atoms with Gasteiger partial charge in [-0.25, -0.2) is 0 Å². The molecule has 3 atom stereocenters. The minimum absolute atomic E-state index is 0.423. The molecule has 1 aromatic carbocycles. The van der Waals surface area contributed by atoms with Crippen LogP contribution >= 0.6 is 0 Å². The molecule has 3 nitrogen and oxygen atoms in total. The van der Waals surface area contributed by atoms with Crippen LogP contribution in [0.15, 0.2) is 18.2 Å². The maximum atomic E-state index is 6.29. The van der Waals surface area contributed by atoms with Crippen molar-refractivity contribution in [2.75, 3.05) is 20.2 Å². The largest absolute Gasteiger partial charge is 0.496 e. The number of fused-ring (bicyclic) bond motifs is 1. The average Bonchev–Trinajstić information content (AvgIpc) is 2.85. The summed E-state index contributed by atoms with van der Waals surface area (Å²) in [5, 5.41) is 0. The lowest BCUT2D eigenvalue weighted by Gasteiger charge is -2.29. The Hall–Kier alpha value is -1.06. The molecule has 1 heterocycles. The normalized spacial score (nSPS) is 30.2. The number of ether oxygens (including phenoxy) is 1. The van der Waals surface area contributed by atoms with Gasteiger partial charge in [-0.2, -0.15) is 0 Å². The number of aryl methyl sites for hydroxylation is 1. The summed E-state index contributed by atoms with van der Waals surface area (Å²) in [6.07, 6.45) is 3.90. The van der Waals surface area contributed by atoms with Crippen molar-refractivity contribution in [2.45, 2.75) is 38.8 Å². The van der Waals surface area contributed by atoms with Gasteiger partial charge in [-0.05, 0) is 48.8 Å². The third-order valence-electron chi connectivity index (χ3n) is 5.11. The van der Waals surface area contributed by atoms with Crippen LogP contribution in [0, 0.1) is 18.8 Å². The lowest BCUT2D eigenvalue weighted by Crippen LogP contribution is -2.38. The zero-order valence-corrected chi connectivity index (χ0v) is 12.6. The standard InChI is InChI=1S/C17H26N2O/c1-12-6-7-13(8-17(12)20-2)9-19-10-14-4-3-5-16(18)15(14)11-19/h6-8,14-16H,3-5,9-11,18H2,1-2H3. The third kappa shape index (κ3) is 2.70. The van der Waals surface area contributed by atoms with Gasteiger partial charge in [0.2, 0.25) is 0 Å². The highest BCUT2D eigenvalue weighted by Crippen LogP contribution is 2.36. The Bertz CT molecular complexity index is 474. The van der Waals surface area contributed by atoms with E-state index in [2.05, 4.69) is 30.0 Å². The summed E-state index contributed by atoms with van der Waals surface area (Å²) in [6.45, 7) is 5.50. The Morgan fingerprint density at radius 3 is 2.90 bits per heavy atom. The van der Waals surface area contributed by atoms with Gasteiger partial charge in [0.1, 0.15) is 5.75 Å². The Morgan fingerprint density at radius 2 is 2.15 bits per heavy atom. The van der Waals surface area contributed by atoms with Gasteiger partial charge in [0.25, 0.3) is 0 Å². The van der Waals surface area contributed by atoms with Gasteiger partial charge in [0.15, 0.2) is 0 Å². The molecule has 0 radical (unpaired) electrons. The van der Waals surface area contributed by atoms with E-state index in [4.69, 9.17) is 10.5 Å².